The number of esters is 1. The molecule has 8 heteroatoms. The molecular formula is C32H44N2O6. The molecule has 0 saturated carbocycles. The SMILES string of the molecule is C=CCCOC(=O)[C@H]1[C@H]2C(=O)N([C@@H](CO)[C@@H](C)CC)C(C(=O)N(CC=C)c3c(C)cccc3C)C23CC[C@]1(C)O3. The maximum absolute atomic E-state index is 14.8. The van der Waals surface area contributed by atoms with Gasteiger partial charge in [0.05, 0.1) is 30.8 Å². The molecule has 2 unspecified atom stereocenters. The first-order valence-corrected chi connectivity index (χ1v) is 14.4. The highest BCUT2D eigenvalue weighted by Crippen LogP contribution is 2.64. The minimum absolute atomic E-state index is 0.0849. The summed E-state index contributed by atoms with van der Waals surface area (Å²) in [7, 11) is 0. The fourth-order valence-corrected chi connectivity index (χ4v) is 7.30. The number of carbonyl (C=O) groups is 3. The molecule has 1 aromatic carbocycles. The predicted molar refractivity (Wildman–Crippen MR) is 154 cm³/mol. The van der Waals surface area contributed by atoms with Crippen LogP contribution in [0.5, 0.6) is 0 Å². The summed E-state index contributed by atoms with van der Waals surface area (Å²) in [5.41, 5.74) is 0.481. The quantitative estimate of drug-likeness (QED) is 0.238. The summed E-state index contributed by atoms with van der Waals surface area (Å²) in [4.78, 5) is 46.0. The van der Waals surface area contributed by atoms with Gasteiger partial charge in [-0.05, 0) is 57.1 Å². The Bertz CT molecular complexity index is 1160. The largest absolute Gasteiger partial charge is 0.465 e. The lowest BCUT2D eigenvalue weighted by atomic mass is 9.66. The molecule has 3 saturated heterocycles. The van der Waals surface area contributed by atoms with Gasteiger partial charge in [0.25, 0.3) is 5.91 Å². The molecule has 40 heavy (non-hydrogen) atoms. The number of hydrogen-bond donors (Lipinski definition) is 1. The van der Waals surface area contributed by atoms with Crippen LogP contribution in [0.4, 0.5) is 5.69 Å². The molecule has 3 aliphatic heterocycles. The van der Waals surface area contributed by atoms with Crippen molar-refractivity contribution in [2.24, 2.45) is 17.8 Å². The van der Waals surface area contributed by atoms with Gasteiger partial charge in [0.2, 0.25) is 5.91 Å². The molecule has 1 N–H and O–H groups in total. The van der Waals surface area contributed by atoms with Crippen molar-refractivity contribution >= 4 is 23.5 Å². The zero-order valence-electron chi connectivity index (χ0n) is 24.5. The van der Waals surface area contributed by atoms with Crippen molar-refractivity contribution < 1.29 is 29.0 Å². The van der Waals surface area contributed by atoms with Gasteiger partial charge in [-0.15, -0.1) is 13.2 Å². The van der Waals surface area contributed by atoms with Gasteiger partial charge in [-0.3, -0.25) is 14.4 Å². The fraction of sp³-hybridized carbons (Fsp3) is 0.594. The summed E-state index contributed by atoms with van der Waals surface area (Å²) in [5.74, 6) is -2.91. The van der Waals surface area contributed by atoms with Crippen LogP contribution in [0, 0.1) is 31.6 Å². The van der Waals surface area contributed by atoms with Crippen LogP contribution in [0.3, 0.4) is 0 Å². The Hall–Kier alpha value is -2.97. The number of amides is 2. The average Bonchev–Trinajstić information content (AvgIpc) is 3.49. The third kappa shape index (κ3) is 4.59. The lowest BCUT2D eigenvalue weighted by Crippen LogP contribution is -2.60. The van der Waals surface area contributed by atoms with Gasteiger partial charge < -0.3 is 24.4 Å². The topological polar surface area (TPSA) is 96.4 Å². The number of anilines is 1. The number of para-hydroxylation sites is 1. The zero-order valence-corrected chi connectivity index (χ0v) is 24.5. The van der Waals surface area contributed by atoms with Crippen LogP contribution in [0.1, 0.15) is 57.6 Å². The number of rotatable bonds is 12. The maximum Gasteiger partial charge on any atom is 0.312 e. The minimum atomic E-state index is -1.21. The third-order valence-corrected chi connectivity index (χ3v) is 9.40. The first kappa shape index (κ1) is 30.0. The highest BCUT2D eigenvalue weighted by Gasteiger charge is 2.79. The second-order valence-electron chi connectivity index (χ2n) is 11.8. The van der Waals surface area contributed by atoms with E-state index in [1.165, 1.54) is 0 Å². The monoisotopic (exact) mass is 552 g/mol. The molecule has 0 aliphatic carbocycles. The van der Waals surface area contributed by atoms with E-state index in [0.29, 0.717) is 25.7 Å². The van der Waals surface area contributed by atoms with E-state index in [4.69, 9.17) is 9.47 Å². The van der Waals surface area contributed by atoms with Crippen LogP contribution in [-0.2, 0) is 23.9 Å². The van der Waals surface area contributed by atoms with Crippen molar-refractivity contribution in [1.29, 1.82) is 0 Å². The minimum Gasteiger partial charge on any atom is -0.465 e. The number of benzene rings is 1. The van der Waals surface area contributed by atoms with Crippen molar-refractivity contribution in [1.82, 2.24) is 4.90 Å². The molecule has 2 amide bonds. The number of nitrogens with zero attached hydrogens (tertiary/aromatic N) is 2. The number of hydrogen-bond acceptors (Lipinski definition) is 6. The van der Waals surface area contributed by atoms with E-state index in [1.54, 1.807) is 22.0 Å². The van der Waals surface area contributed by atoms with E-state index < -0.39 is 41.1 Å². The molecular weight excluding hydrogens is 508 g/mol. The Morgan fingerprint density at radius 1 is 1.25 bits per heavy atom. The van der Waals surface area contributed by atoms with Gasteiger partial charge in [0, 0.05) is 12.2 Å². The standard InChI is InChI=1S/C32H44N2O6/c1-8-11-18-39-30(38)25-24-28(36)34(23(19-35)20(4)10-3)27(32(24)16-15-31(25,7)40-32)29(37)33(17-9-2)26-21(5)13-12-14-22(26)6/h8-9,12-14,20,23-25,27,35H,1-2,10-11,15-19H2,3-7H3/t20-,23-,24-,25+,27?,31-,32?/m0/s1. The van der Waals surface area contributed by atoms with Crippen molar-refractivity contribution in [3.05, 3.63) is 54.6 Å². The summed E-state index contributed by atoms with van der Waals surface area (Å²) < 4.78 is 12.3. The van der Waals surface area contributed by atoms with Crippen LogP contribution in [0.15, 0.2) is 43.5 Å². The summed E-state index contributed by atoms with van der Waals surface area (Å²) >= 11 is 0. The Balaban J connectivity index is 1.87. The second-order valence-corrected chi connectivity index (χ2v) is 11.8. The van der Waals surface area contributed by atoms with Crippen LogP contribution in [-0.4, -0.2) is 70.8 Å². The third-order valence-electron chi connectivity index (χ3n) is 9.40. The van der Waals surface area contributed by atoms with Crippen molar-refractivity contribution in [3.63, 3.8) is 0 Å². The van der Waals surface area contributed by atoms with Crippen molar-refractivity contribution in [3.8, 4) is 0 Å². The van der Waals surface area contributed by atoms with E-state index in [-0.39, 0.29) is 37.5 Å². The Morgan fingerprint density at radius 3 is 2.50 bits per heavy atom. The number of fused-ring (bicyclic) bond motifs is 1. The highest BCUT2D eigenvalue weighted by atomic mass is 16.6. The van der Waals surface area contributed by atoms with E-state index >= 15 is 0 Å². The normalized spacial score (nSPS) is 30.1. The van der Waals surface area contributed by atoms with E-state index in [2.05, 4.69) is 13.2 Å². The summed E-state index contributed by atoms with van der Waals surface area (Å²) in [5, 5.41) is 10.6. The molecule has 3 aliphatic rings. The molecule has 3 fully saturated rings. The van der Waals surface area contributed by atoms with Crippen LogP contribution < -0.4 is 4.90 Å². The number of aryl methyl sites for hydroxylation is 2. The summed E-state index contributed by atoms with van der Waals surface area (Å²) in [6.07, 6.45) is 5.52. The fourth-order valence-electron chi connectivity index (χ4n) is 7.30. The van der Waals surface area contributed by atoms with E-state index in [1.807, 2.05) is 52.8 Å². The molecule has 2 bridgehead atoms. The summed E-state index contributed by atoms with van der Waals surface area (Å²) in [6, 6.07) is 4.23. The van der Waals surface area contributed by atoms with E-state index in [9.17, 15) is 19.5 Å². The highest BCUT2D eigenvalue weighted by molar-refractivity contribution is 6.05. The van der Waals surface area contributed by atoms with Gasteiger partial charge in [-0.2, -0.15) is 0 Å². The Kier molecular flexibility index (Phi) is 8.62. The predicted octanol–water partition coefficient (Wildman–Crippen LogP) is 4.11. The molecule has 3 heterocycles. The lowest BCUT2D eigenvalue weighted by Gasteiger charge is -2.41. The van der Waals surface area contributed by atoms with Crippen molar-refractivity contribution in [2.75, 3.05) is 24.7 Å². The first-order chi connectivity index (χ1) is 19.0. The summed E-state index contributed by atoms with van der Waals surface area (Å²) in [6.45, 7) is 17.4. The number of aliphatic hydroxyl groups is 1. The number of likely N-dealkylation sites (tertiary alicyclic amines) is 1. The van der Waals surface area contributed by atoms with Gasteiger partial charge in [0.15, 0.2) is 0 Å². The van der Waals surface area contributed by atoms with E-state index in [0.717, 1.165) is 16.8 Å². The molecule has 1 aromatic rings. The molecule has 7 atom stereocenters. The van der Waals surface area contributed by atoms with Gasteiger partial charge >= 0.3 is 5.97 Å². The second kappa shape index (κ2) is 11.5. The van der Waals surface area contributed by atoms with Crippen LogP contribution in [0.2, 0.25) is 0 Å². The lowest BCUT2D eigenvalue weighted by molar-refractivity contribution is -0.160. The smallest absolute Gasteiger partial charge is 0.312 e. The molecule has 218 valence electrons. The van der Waals surface area contributed by atoms with Crippen LogP contribution >= 0.6 is 0 Å². The van der Waals surface area contributed by atoms with Gasteiger partial charge in [-0.1, -0.05) is 50.6 Å². The molecule has 0 radical (unpaired) electrons. The number of carbonyl (C=O) groups excluding carboxylic acids is 3. The zero-order chi connectivity index (χ0) is 29.4. The van der Waals surface area contributed by atoms with Gasteiger partial charge in [0.1, 0.15) is 17.6 Å². The average molecular weight is 553 g/mol. The maximum atomic E-state index is 14.8. The van der Waals surface area contributed by atoms with Crippen molar-refractivity contribution in [2.45, 2.75) is 83.6 Å². The molecule has 1 spiro atoms. The van der Waals surface area contributed by atoms with Crippen LogP contribution in [0.25, 0.3) is 0 Å². The molecule has 0 aromatic heterocycles. The Morgan fingerprint density at radius 2 is 1.93 bits per heavy atom. The Labute approximate surface area is 238 Å². The first-order valence-electron chi connectivity index (χ1n) is 14.4. The number of aliphatic hydroxyl groups excluding tert-OH is 1. The number of ether oxygens (including phenoxy) is 2. The molecule has 4 rings (SSSR count). The van der Waals surface area contributed by atoms with Gasteiger partial charge in [-0.25, -0.2) is 0 Å². The molecule has 8 nitrogen and oxygen atoms in total.